The Bertz CT molecular complexity index is 1300. The molecular formula is C24H24N4O3. The van der Waals surface area contributed by atoms with Crippen molar-refractivity contribution in [2.24, 2.45) is 0 Å². The predicted octanol–water partition coefficient (Wildman–Crippen LogP) is 3.82. The molecule has 0 aliphatic carbocycles. The minimum atomic E-state index is -0.276. The zero-order chi connectivity index (χ0) is 22.0. The van der Waals surface area contributed by atoms with Gasteiger partial charge in [-0.15, -0.1) is 0 Å². The molecule has 1 amide bonds. The highest BCUT2D eigenvalue weighted by molar-refractivity contribution is 5.90. The zero-order valence-electron chi connectivity index (χ0n) is 17.8. The van der Waals surface area contributed by atoms with Crippen molar-refractivity contribution in [3.05, 3.63) is 82.4 Å². The second-order valence-electron chi connectivity index (χ2n) is 7.40. The Labute approximate surface area is 179 Å². The number of ether oxygens (including phenoxy) is 1. The van der Waals surface area contributed by atoms with Crippen LogP contribution in [-0.2, 0) is 11.3 Å². The molecule has 4 aromatic rings. The van der Waals surface area contributed by atoms with Crippen LogP contribution in [0.2, 0.25) is 0 Å². The number of anilines is 1. The second kappa shape index (κ2) is 8.47. The largest absolute Gasteiger partial charge is 0.494 e. The third-order valence-corrected chi connectivity index (χ3v) is 5.17. The molecule has 0 radical (unpaired) electrons. The van der Waals surface area contributed by atoms with E-state index in [-0.39, 0.29) is 18.0 Å². The number of nitrogens with zero attached hydrogens (tertiary/aromatic N) is 3. The molecule has 0 spiro atoms. The molecule has 0 atom stereocenters. The van der Waals surface area contributed by atoms with Crippen molar-refractivity contribution >= 4 is 17.1 Å². The topological polar surface area (TPSA) is 77.6 Å². The zero-order valence-corrected chi connectivity index (χ0v) is 17.8. The number of carbonyl (C=O) groups excluding carboxylic acids is 1. The normalized spacial score (nSPS) is 10.9. The lowest BCUT2D eigenvalue weighted by molar-refractivity contribution is -0.116. The van der Waals surface area contributed by atoms with E-state index in [1.807, 2.05) is 63.2 Å². The van der Waals surface area contributed by atoms with E-state index in [0.717, 1.165) is 22.4 Å². The van der Waals surface area contributed by atoms with Gasteiger partial charge < -0.3 is 14.6 Å². The highest BCUT2D eigenvalue weighted by Gasteiger charge is 2.12. The molecule has 31 heavy (non-hydrogen) atoms. The van der Waals surface area contributed by atoms with Crippen LogP contribution in [0.5, 0.6) is 5.75 Å². The molecule has 0 unspecified atom stereocenters. The smallest absolute Gasteiger partial charge is 0.277 e. The number of benzene rings is 2. The van der Waals surface area contributed by atoms with Crippen molar-refractivity contribution in [1.82, 2.24) is 14.2 Å². The molecular weight excluding hydrogens is 392 g/mol. The fourth-order valence-electron chi connectivity index (χ4n) is 3.35. The lowest BCUT2D eigenvalue weighted by atomic mass is 10.1. The van der Waals surface area contributed by atoms with Crippen molar-refractivity contribution in [2.75, 3.05) is 11.9 Å². The summed E-state index contributed by atoms with van der Waals surface area (Å²) in [5.41, 5.74) is 4.65. The van der Waals surface area contributed by atoms with E-state index >= 15 is 0 Å². The first kappa shape index (κ1) is 20.4. The summed E-state index contributed by atoms with van der Waals surface area (Å²) in [7, 11) is 0. The highest BCUT2D eigenvalue weighted by atomic mass is 16.5. The van der Waals surface area contributed by atoms with Gasteiger partial charge in [0.25, 0.3) is 5.56 Å². The highest BCUT2D eigenvalue weighted by Crippen LogP contribution is 2.22. The molecule has 4 rings (SSSR count). The average Bonchev–Trinajstić information content (AvgIpc) is 3.19. The van der Waals surface area contributed by atoms with Gasteiger partial charge in [-0.1, -0.05) is 6.07 Å². The summed E-state index contributed by atoms with van der Waals surface area (Å²) in [5, 5.41) is 7.33. The van der Waals surface area contributed by atoms with E-state index in [1.54, 1.807) is 18.5 Å². The lowest BCUT2D eigenvalue weighted by Gasteiger charge is -2.09. The Morgan fingerprint density at radius 3 is 2.52 bits per heavy atom. The van der Waals surface area contributed by atoms with Crippen molar-refractivity contribution < 1.29 is 9.53 Å². The molecule has 2 aromatic heterocycles. The monoisotopic (exact) mass is 416 g/mol. The number of hydrogen-bond acceptors (Lipinski definition) is 4. The van der Waals surface area contributed by atoms with Crippen LogP contribution in [0.3, 0.4) is 0 Å². The van der Waals surface area contributed by atoms with Crippen LogP contribution in [-0.4, -0.2) is 26.7 Å². The lowest BCUT2D eigenvalue weighted by Crippen LogP contribution is -2.28. The van der Waals surface area contributed by atoms with Crippen molar-refractivity contribution in [1.29, 1.82) is 0 Å². The van der Waals surface area contributed by atoms with Gasteiger partial charge in [0.1, 0.15) is 17.8 Å². The molecule has 0 bridgehead atoms. The number of hydrogen-bond donors (Lipinski definition) is 1. The Kier molecular flexibility index (Phi) is 5.58. The Morgan fingerprint density at radius 2 is 1.81 bits per heavy atom. The maximum Gasteiger partial charge on any atom is 0.277 e. The van der Waals surface area contributed by atoms with Gasteiger partial charge >= 0.3 is 0 Å². The van der Waals surface area contributed by atoms with Crippen molar-refractivity contribution in [3.63, 3.8) is 0 Å². The van der Waals surface area contributed by atoms with E-state index in [9.17, 15) is 9.59 Å². The Morgan fingerprint density at radius 1 is 1.03 bits per heavy atom. The first-order valence-electron chi connectivity index (χ1n) is 10.1. The molecule has 0 aliphatic heterocycles. The van der Waals surface area contributed by atoms with Gasteiger partial charge in [-0.05, 0) is 74.4 Å². The molecule has 0 saturated heterocycles. The second-order valence-corrected chi connectivity index (χ2v) is 7.40. The van der Waals surface area contributed by atoms with E-state index in [1.165, 1.54) is 9.08 Å². The number of fused-ring (bicyclic) bond motifs is 1. The summed E-state index contributed by atoms with van der Waals surface area (Å²) in [5.74, 6) is 0.521. The maximum atomic E-state index is 12.9. The number of aromatic nitrogens is 3. The summed E-state index contributed by atoms with van der Waals surface area (Å²) in [6, 6.07) is 15.0. The van der Waals surface area contributed by atoms with Crippen molar-refractivity contribution in [2.45, 2.75) is 27.3 Å². The molecule has 7 nitrogen and oxygen atoms in total. The fraction of sp³-hybridized carbons (Fsp3) is 0.208. The Hall–Kier alpha value is -3.87. The van der Waals surface area contributed by atoms with E-state index in [4.69, 9.17) is 4.74 Å². The van der Waals surface area contributed by atoms with Gasteiger partial charge in [0.05, 0.1) is 12.3 Å². The number of nitrogens with one attached hydrogen (secondary N) is 1. The number of aryl methyl sites for hydroxylation is 2. The van der Waals surface area contributed by atoms with Gasteiger partial charge in [-0.25, -0.2) is 4.52 Å². The summed E-state index contributed by atoms with van der Waals surface area (Å²) >= 11 is 0. The molecule has 0 saturated carbocycles. The van der Waals surface area contributed by atoms with Crippen LogP contribution in [0.4, 0.5) is 5.69 Å². The van der Waals surface area contributed by atoms with Crippen LogP contribution in [0.15, 0.2) is 65.7 Å². The summed E-state index contributed by atoms with van der Waals surface area (Å²) in [6.07, 6.45) is 3.25. The first-order valence-corrected chi connectivity index (χ1v) is 10.1. The van der Waals surface area contributed by atoms with Gasteiger partial charge in [0.15, 0.2) is 0 Å². The summed E-state index contributed by atoms with van der Waals surface area (Å²) < 4.78 is 8.38. The molecule has 0 fully saturated rings. The van der Waals surface area contributed by atoms with Gasteiger partial charge in [0.2, 0.25) is 5.91 Å². The Balaban J connectivity index is 1.55. The molecule has 1 N–H and O–H groups in total. The summed E-state index contributed by atoms with van der Waals surface area (Å²) in [4.78, 5) is 25.4. The van der Waals surface area contributed by atoms with E-state index < -0.39 is 0 Å². The van der Waals surface area contributed by atoms with Crippen LogP contribution in [0, 0.1) is 13.8 Å². The number of rotatable bonds is 6. The van der Waals surface area contributed by atoms with Crippen LogP contribution in [0.1, 0.15) is 18.1 Å². The van der Waals surface area contributed by atoms with Gasteiger partial charge in [-0.2, -0.15) is 5.10 Å². The fourth-order valence-corrected chi connectivity index (χ4v) is 3.35. The van der Waals surface area contributed by atoms with E-state index in [0.29, 0.717) is 23.5 Å². The van der Waals surface area contributed by atoms with Crippen LogP contribution < -0.4 is 15.6 Å². The molecule has 2 heterocycles. The number of amides is 1. The standard InChI is InChI=1S/C24H24N4O3/c1-4-31-20-9-6-18(7-10-20)21-14-22-24(30)27(11-12-28(22)26-21)15-23(29)25-19-8-5-16(2)17(3)13-19/h5-14H,4,15H2,1-3H3,(H,25,29). The summed E-state index contributed by atoms with van der Waals surface area (Å²) in [6.45, 7) is 6.47. The van der Waals surface area contributed by atoms with Gasteiger partial charge in [-0.3, -0.25) is 9.59 Å². The SMILES string of the molecule is CCOc1ccc(-c2cc3c(=O)n(CC(=O)Nc4ccc(C)c(C)c4)ccn3n2)cc1. The minimum Gasteiger partial charge on any atom is -0.494 e. The molecule has 7 heteroatoms. The molecule has 0 aliphatic rings. The van der Waals surface area contributed by atoms with Crippen LogP contribution in [0.25, 0.3) is 16.8 Å². The maximum absolute atomic E-state index is 12.9. The third-order valence-electron chi connectivity index (χ3n) is 5.17. The minimum absolute atomic E-state index is 0.0776. The van der Waals surface area contributed by atoms with Crippen LogP contribution >= 0.6 is 0 Å². The first-order chi connectivity index (χ1) is 14.9. The van der Waals surface area contributed by atoms with Gasteiger partial charge in [0, 0.05) is 23.6 Å². The number of carbonyl (C=O) groups is 1. The predicted molar refractivity (Wildman–Crippen MR) is 121 cm³/mol. The molecule has 158 valence electrons. The quantitative estimate of drug-likeness (QED) is 0.518. The average molecular weight is 416 g/mol. The van der Waals surface area contributed by atoms with Crippen molar-refractivity contribution in [3.8, 4) is 17.0 Å². The van der Waals surface area contributed by atoms with E-state index in [2.05, 4.69) is 10.4 Å². The third kappa shape index (κ3) is 4.35. The molecule has 2 aromatic carbocycles.